The Balaban J connectivity index is 1.89. The molecular formula is C12H23N3O. The van der Waals surface area contributed by atoms with Gasteiger partial charge in [-0.15, -0.1) is 0 Å². The zero-order valence-corrected chi connectivity index (χ0v) is 10.2. The zero-order valence-electron chi connectivity index (χ0n) is 10.2. The third-order valence-corrected chi connectivity index (χ3v) is 3.76. The molecular weight excluding hydrogens is 202 g/mol. The van der Waals surface area contributed by atoms with Crippen LogP contribution in [0.25, 0.3) is 0 Å². The van der Waals surface area contributed by atoms with Gasteiger partial charge in [0, 0.05) is 38.6 Å². The SMILES string of the molecule is CCN1CCCC1CN1CCNCCC1=O. The maximum Gasteiger partial charge on any atom is 0.223 e. The first-order valence-corrected chi connectivity index (χ1v) is 6.54. The Morgan fingerprint density at radius 3 is 3.06 bits per heavy atom. The summed E-state index contributed by atoms with van der Waals surface area (Å²) in [6.07, 6.45) is 3.21. The molecule has 2 saturated heterocycles. The lowest BCUT2D eigenvalue weighted by Crippen LogP contribution is -2.43. The number of rotatable bonds is 3. The van der Waals surface area contributed by atoms with E-state index in [1.54, 1.807) is 0 Å². The summed E-state index contributed by atoms with van der Waals surface area (Å²) in [4.78, 5) is 16.4. The van der Waals surface area contributed by atoms with Crippen LogP contribution in [0.4, 0.5) is 0 Å². The highest BCUT2D eigenvalue weighted by atomic mass is 16.2. The number of carbonyl (C=O) groups is 1. The minimum Gasteiger partial charge on any atom is -0.340 e. The molecule has 0 spiro atoms. The van der Waals surface area contributed by atoms with Crippen LogP contribution in [0.1, 0.15) is 26.2 Å². The summed E-state index contributed by atoms with van der Waals surface area (Å²) in [5.41, 5.74) is 0. The van der Waals surface area contributed by atoms with E-state index in [4.69, 9.17) is 0 Å². The van der Waals surface area contributed by atoms with Crippen molar-refractivity contribution in [2.75, 3.05) is 39.3 Å². The molecule has 2 fully saturated rings. The molecule has 4 heteroatoms. The van der Waals surface area contributed by atoms with Crippen molar-refractivity contribution >= 4 is 5.91 Å². The Morgan fingerprint density at radius 2 is 2.25 bits per heavy atom. The van der Waals surface area contributed by atoms with E-state index in [0.29, 0.717) is 18.4 Å². The molecule has 2 aliphatic heterocycles. The molecule has 1 atom stereocenters. The fraction of sp³-hybridized carbons (Fsp3) is 0.917. The van der Waals surface area contributed by atoms with Gasteiger partial charge in [-0.1, -0.05) is 6.92 Å². The van der Waals surface area contributed by atoms with Gasteiger partial charge >= 0.3 is 0 Å². The Labute approximate surface area is 98.0 Å². The van der Waals surface area contributed by atoms with E-state index in [2.05, 4.69) is 22.0 Å². The molecule has 0 aliphatic carbocycles. The van der Waals surface area contributed by atoms with E-state index in [1.807, 2.05) is 0 Å². The second-order valence-corrected chi connectivity index (χ2v) is 4.76. The molecule has 1 amide bonds. The maximum absolute atomic E-state index is 11.9. The minimum absolute atomic E-state index is 0.327. The van der Waals surface area contributed by atoms with Crippen LogP contribution in [0.2, 0.25) is 0 Å². The highest BCUT2D eigenvalue weighted by Gasteiger charge is 2.27. The summed E-state index contributed by atoms with van der Waals surface area (Å²) in [6.45, 7) is 8.15. The van der Waals surface area contributed by atoms with Crippen LogP contribution in [0, 0.1) is 0 Å². The van der Waals surface area contributed by atoms with E-state index in [0.717, 1.165) is 32.7 Å². The van der Waals surface area contributed by atoms with E-state index >= 15 is 0 Å². The van der Waals surface area contributed by atoms with Crippen molar-refractivity contribution in [2.24, 2.45) is 0 Å². The summed E-state index contributed by atoms with van der Waals surface area (Å²) in [6, 6.07) is 0.604. The van der Waals surface area contributed by atoms with Crippen molar-refractivity contribution in [2.45, 2.75) is 32.2 Å². The van der Waals surface area contributed by atoms with Gasteiger partial charge in [-0.25, -0.2) is 0 Å². The summed E-state index contributed by atoms with van der Waals surface area (Å²) in [7, 11) is 0. The molecule has 0 aromatic carbocycles. The third kappa shape index (κ3) is 2.74. The lowest BCUT2D eigenvalue weighted by molar-refractivity contribution is -0.131. The lowest BCUT2D eigenvalue weighted by atomic mass is 10.2. The predicted molar refractivity (Wildman–Crippen MR) is 64.3 cm³/mol. The van der Waals surface area contributed by atoms with E-state index in [1.165, 1.54) is 19.4 Å². The molecule has 2 heterocycles. The van der Waals surface area contributed by atoms with Gasteiger partial charge in [-0.3, -0.25) is 9.69 Å². The molecule has 16 heavy (non-hydrogen) atoms. The van der Waals surface area contributed by atoms with Crippen LogP contribution < -0.4 is 5.32 Å². The third-order valence-electron chi connectivity index (χ3n) is 3.76. The molecule has 2 aliphatic rings. The quantitative estimate of drug-likeness (QED) is 0.750. The number of amides is 1. The number of hydrogen-bond donors (Lipinski definition) is 1. The summed E-state index contributed by atoms with van der Waals surface area (Å²) in [5.74, 6) is 0.327. The second kappa shape index (κ2) is 5.64. The van der Waals surface area contributed by atoms with Crippen molar-refractivity contribution in [3.63, 3.8) is 0 Å². The van der Waals surface area contributed by atoms with E-state index < -0.39 is 0 Å². The number of nitrogens with one attached hydrogen (secondary N) is 1. The monoisotopic (exact) mass is 225 g/mol. The first kappa shape index (κ1) is 11.9. The number of likely N-dealkylation sites (tertiary alicyclic amines) is 1. The van der Waals surface area contributed by atoms with E-state index in [9.17, 15) is 4.79 Å². The van der Waals surface area contributed by atoms with Gasteiger partial charge in [0.05, 0.1) is 0 Å². The van der Waals surface area contributed by atoms with Gasteiger partial charge in [0.1, 0.15) is 0 Å². The molecule has 4 nitrogen and oxygen atoms in total. The largest absolute Gasteiger partial charge is 0.340 e. The highest BCUT2D eigenvalue weighted by molar-refractivity contribution is 5.76. The Kier molecular flexibility index (Phi) is 4.18. The topological polar surface area (TPSA) is 35.6 Å². The van der Waals surface area contributed by atoms with Gasteiger partial charge < -0.3 is 10.2 Å². The van der Waals surface area contributed by atoms with Crippen molar-refractivity contribution in [3.8, 4) is 0 Å². The Hall–Kier alpha value is -0.610. The molecule has 0 bridgehead atoms. The van der Waals surface area contributed by atoms with Gasteiger partial charge in [0.25, 0.3) is 0 Å². The van der Waals surface area contributed by atoms with Crippen molar-refractivity contribution in [1.82, 2.24) is 15.1 Å². The van der Waals surface area contributed by atoms with Crippen LogP contribution in [-0.4, -0.2) is 61.0 Å². The minimum atomic E-state index is 0.327. The molecule has 0 aromatic rings. The van der Waals surface area contributed by atoms with Crippen molar-refractivity contribution in [1.29, 1.82) is 0 Å². The first-order valence-electron chi connectivity index (χ1n) is 6.54. The van der Waals surface area contributed by atoms with Crippen LogP contribution >= 0.6 is 0 Å². The summed E-state index contributed by atoms with van der Waals surface area (Å²) < 4.78 is 0. The average Bonchev–Trinajstić information content (AvgIpc) is 2.64. The fourth-order valence-electron chi connectivity index (χ4n) is 2.78. The van der Waals surface area contributed by atoms with Crippen LogP contribution in [-0.2, 0) is 4.79 Å². The van der Waals surface area contributed by atoms with Crippen LogP contribution in [0.3, 0.4) is 0 Å². The second-order valence-electron chi connectivity index (χ2n) is 4.76. The molecule has 92 valence electrons. The normalized spacial score (nSPS) is 28.4. The Morgan fingerprint density at radius 1 is 1.38 bits per heavy atom. The lowest BCUT2D eigenvalue weighted by Gasteiger charge is -2.29. The number of nitrogens with zero attached hydrogens (tertiary/aromatic N) is 2. The first-order chi connectivity index (χ1) is 7.81. The number of carbonyl (C=O) groups excluding carboxylic acids is 1. The van der Waals surface area contributed by atoms with Crippen molar-refractivity contribution in [3.05, 3.63) is 0 Å². The average molecular weight is 225 g/mol. The molecule has 1 unspecified atom stereocenters. The molecule has 2 rings (SSSR count). The van der Waals surface area contributed by atoms with E-state index in [-0.39, 0.29) is 0 Å². The Bertz CT molecular complexity index is 244. The summed E-state index contributed by atoms with van der Waals surface area (Å²) in [5, 5.41) is 3.28. The van der Waals surface area contributed by atoms with Gasteiger partial charge in [-0.2, -0.15) is 0 Å². The van der Waals surface area contributed by atoms with Crippen LogP contribution in [0.15, 0.2) is 0 Å². The van der Waals surface area contributed by atoms with Gasteiger partial charge in [0.2, 0.25) is 5.91 Å². The maximum atomic E-state index is 11.9. The van der Waals surface area contributed by atoms with Gasteiger partial charge in [-0.05, 0) is 25.9 Å². The molecule has 0 aromatic heterocycles. The smallest absolute Gasteiger partial charge is 0.223 e. The van der Waals surface area contributed by atoms with Gasteiger partial charge in [0.15, 0.2) is 0 Å². The molecule has 0 radical (unpaired) electrons. The van der Waals surface area contributed by atoms with Crippen molar-refractivity contribution < 1.29 is 4.79 Å². The number of likely N-dealkylation sites (N-methyl/N-ethyl adjacent to an activating group) is 1. The predicted octanol–water partition coefficient (Wildman–Crippen LogP) is 0.293. The standard InChI is InChI=1S/C12H23N3O/c1-2-14-8-3-4-11(14)10-15-9-7-13-6-5-12(15)16/h11,13H,2-10H2,1H3. The summed E-state index contributed by atoms with van der Waals surface area (Å²) >= 11 is 0. The fourth-order valence-corrected chi connectivity index (χ4v) is 2.78. The zero-order chi connectivity index (χ0) is 11.4. The number of hydrogen-bond acceptors (Lipinski definition) is 3. The molecule has 0 saturated carbocycles. The molecule has 1 N–H and O–H groups in total. The highest BCUT2D eigenvalue weighted by Crippen LogP contribution is 2.18. The van der Waals surface area contributed by atoms with Crippen LogP contribution in [0.5, 0.6) is 0 Å².